The van der Waals surface area contributed by atoms with Gasteiger partial charge in [-0.25, -0.2) is 4.79 Å². The van der Waals surface area contributed by atoms with Crippen molar-refractivity contribution >= 4 is 23.6 Å². The molecule has 0 spiro atoms. The van der Waals surface area contributed by atoms with Crippen molar-refractivity contribution < 1.29 is 14.3 Å². The highest BCUT2D eigenvalue weighted by Gasteiger charge is 2.23. The van der Waals surface area contributed by atoms with E-state index in [4.69, 9.17) is 4.74 Å². The van der Waals surface area contributed by atoms with Gasteiger partial charge in [0.05, 0.1) is 0 Å². The number of nitrogens with one attached hydrogen (secondary N) is 1. The van der Waals surface area contributed by atoms with Crippen LogP contribution in [0.15, 0.2) is 91.0 Å². The fraction of sp³-hybridized carbons (Fsp3) is 0.167. The quantitative estimate of drug-likeness (QED) is 0.534. The third kappa shape index (κ3) is 6.80. The van der Waals surface area contributed by atoms with Crippen molar-refractivity contribution in [3.05, 3.63) is 108 Å². The van der Waals surface area contributed by atoms with E-state index in [0.29, 0.717) is 11.3 Å². The Balaban J connectivity index is 1.61. The lowest BCUT2D eigenvalue weighted by atomic mass is 10.2. The second-order valence-electron chi connectivity index (χ2n) is 6.49. The van der Waals surface area contributed by atoms with Gasteiger partial charge < -0.3 is 10.1 Å². The number of amides is 1. The third-order valence-electron chi connectivity index (χ3n) is 4.25. The zero-order valence-corrected chi connectivity index (χ0v) is 16.8. The lowest BCUT2D eigenvalue weighted by Crippen LogP contribution is -2.43. The molecule has 5 heteroatoms. The molecular formula is C24H23NO3S. The average Bonchev–Trinajstić information content (AvgIpc) is 2.78. The molecule has 0 heterocycles. The van der Waals surface area contributed by atoms with Gasteiger partial charge in [-0.2, -0.15) is 11.8 Å². The van der Waals surface area contributed by atoms with E-state index in [1.165, 1.54) is 5.56 Å². The van der Waals surface area contributed by atoms with Gasteiger partial charge in [-0.3, -0.25) is 4.79 Å². The fourth-order valence-corrected chi connectivity index (χ4v) is 3.70. The highest BCUT2D eigenvalue weighted by Crippen LogP contribution is 2.14. The van der Waals surface area contributed by atoms with Gasteiger partial charge >= 0.3 is 5.97 Å². The number of thioether (sulfide) groups is 1. The number of ether oxygens (including phenoxy) is 1. The van der Waals surface area contributed by atoms with Gasteiger partial charge in [-0.15, -0.1) is 0 Å². The van der Waals surface area contributed by atoms with Crippen LogP contribution in [0.4, 0.5) is 0 Å². The SMILES string of the molecule is O=C(N[C@H](CSCc1ccccc1)C(=O)OCc1ccccc1)c1ccccc1. The molecule has 0 aliphatic rings. The molecule has 3 aromatic rings. The first-order valence-corrected chi connectivity index (χ1v) is 10.6. The average molecular weight is 406 g/mol. The number of benzene rings is 3. The van der Waals surface area contributed by atoms with Gasteiger partial charge in [0.25, 0.3) is 5.91 Å². The monoisotopic (exact) mass is 405 g/mol. The van der Waals surface area contributed by atoms with Crippen molar-refractivity contribution in [1.29, 1.82) is 0 Å². The molecule has 3 rings (SSSR count). The van der Waals surface area contributed by atoms with Crippen LogP contribution in [-0.2, 0) is 21.9 Å². The number of esters is 1. The zero-order valence-electron chi connectivity index (χ0n) is 16.0. The Labute approximate surface area is 175 Å². The largest absolute Gasteiger partial charge is 0.459 e. The molecule has 1 atom stereocenters. The first-order valence-electron chi connectivity index (χ1n) is 9.40. The molecule has 1 amide bonds. The minimum absolute atomic E-state index is 0.181. The van der Waals surface area contributed by atoms with Crippen molar-refractivity contribution in [3.8, 4) is 0 Å². The van der Waals surface area contributed by atoms with E-state index < -0.39 is 12.0 Å². The molecule has 4 nitrogen and oxygen atoms in total. The molecule has 29 heavy (non-hydrogen) atoms. The maximum Gasteiger partial charge on any atom is 0.329 e. The molecule has 0 aromatic heterocycles. The highest BCUT2D eigenvalue weighted by atomic mass is 32.2. The highest BCUT2D eigenvalue weighted by molar-refractivity contribution is 7.98. The zero-order chi connectivity index (χ0) is 20.3. The molecule has 0 saturated carbocycles. The van der Waals surface area contributed by atoms with Crippen LogP contribution in [0.1, 0.15) is 21.5 Å². The smallest absolute Gasteiger partial charge is 0.329 e. The van der Waals surface area contributed by atoms with Crippen LogP contribution in [0.3, 0.4) is 0 Å². The molecule has 0 radical (unpaired) electrons. The van der Waals surface area contributed by atoms with E-state index in [9.17, 15) is 9.59 Å². The molecule has 0 fully saturated rings. The first kappa shape index (κ1) is 20.7. The van der Waals surface area contributed by atoms with Crippen molar-refractivity contribution in [3.63, 3.8) is 0 Å². The van der Waals surface area contributed by atoms with Crippen LogP contribution >= 0.6 is 11.8 Å². The first-order chi connectivity index (χ1) is 14.2. The summed E-state index contributed by atoms with van der Waals surface area (Å²) in [7, 11) is 0. The van der Waals surface area contributed by atoms with E-state index in [-0.39, 0.29) is 12.5 Å². The second kappa shape index (κ2) is 11.1. The Morgan fingerprint density at radius 2 is 1.34 bits per heavy atom. The van der Waals surface area contributed by atoms with Crippen LogP contribution in [-0.4, -0.2) is 23.7 Å². The predicted octanol–water partition coefficient (Wildman–Crippen LogP) is 4.46. The van der Waals surface area contributed by atoms with Gasteiger partial charge in [0.15, 0.2) is 0 Å². The number of carbonyl (C=O) groups is 2. The summed E-state index contributed by atoms with van der Waals surface area (Å²) in [6.45, 7) is 0.181. The van der Waals surface area contributed by atoms with E-state index in [0.717, 1.165) is 11.3 Å². The van der Waals surface area contributed by atoms with Gasteiger partial charge in [0.1, 0.15) is 12.6 Å². The Bertz CT molecular complexity index is 901. The molecule has 0 saturated heterocycles. The van der Waals surface area contributed by atoms with Crippen molar-refractivity contribution in [2.75, 3.05) is 5.75 Å². The molecule has 0 bridgehead atoms. The standard InChI is InChI=1S/C24H23NO3S/c26-23(21-14-8-3-9-15-21)25-22(18-29-17-20-12-6-2-7-13-20)24(27)28-16-19-10-4-1-5-11-19/h1-15,22H,16-18H2,(H,25,26)/t22-/m1/s1. The molecule has 1 N–H and O–H groups in total. The van der Waals surface area contributed by atoms with Crippen molar-refractivity contribution in [2.45, 2.75) is 18.4 Å². The normalized spacial score (nSPS) is 11.4. The fourth-order valence-electron chi connectivity index (χ4n) is 2.70. The summed E-state index contributed by atoms with van der Waals surface area (Å²) in [6, 6.07) is 27.7. The summed E-state index contributed by atoms with van der Waals surface area (Å²) in [5.74, 6) is 0.470. The predicted molar refractivity (Wildman–Crippen MR) is 117 cm³/mol. The van der Waals surface area contributed by atoms with Crippen molar-refractivity contribution in [1.82, 2.24) is 5.32 Å². The van der Waals surface area contributed by atoms with E-state index >= 15 is 0 Å². The summed E-state index contributed by atoms with van der Waals surface area (Å²) in [5, 5.41) is 2.82. The van der Waals surface area contributed by atoms with Gasteiger partial charge in [0.2, 0.25) is 0 Å². The van der Waals surface area contributed by atoms with E-state index in [2.05, 4.69) is 5.32 Å². The van der Waals surface area contributed by atoms with Crippen LogP contribution in [0.2, 0.25) is 0 Å². The number of carbonyl (C=O) groups excluding carboxylic acids is 2. The molecule has 0 aliphatic heterocycles. The summed E-state index contributed by atoms with van der Waals surface area (Å²) in [4.78, 5) is 25.2. The Morgan fingerprint density at radius 3 is 1.97 bits per heavy atom. The number of hydrogen-bond donors (Lipinski definition) is 1. The summed E-state index contributed by atoms with van der Waals surface area (Å²) in [5.41, 5.74) is 2.59. The second-order valence-corrected chi connectivity index (χ2v) is 7.52. The van der Waals surface area contributed by atoms with Crippen LogP contribution in [0.25, 0.3) is 0 Å². The van der Waals surface area contributed by atoms with Gasteiger partial charge in [-0.1, -0.05) is 78.9 Å². The molecule has 148 valence electrons. The maximum absolute atomic E-state index is 12.7. The third-order valence-corrected chi connectivity index (χ3v) is 5.35. The Kier molecular flexibility index (Phi) is 7.90. The number of rotatable bonds is 9. The molecule has 0 aliphatic carbocycles. The lowest BCUT2D eigenvalue weighted by Gasteiger charge is -2.18. The Hall–Kier alpha value is -3.05. The van der Waals surface area contributed by atoms with E-state index in [1.54, 1.807) is 36.0 Å². The Morgan fingerprint density at radius 1 is 0.793 bits per heavy atom. The topological polar surface area (TPSA) is 55.4 Å². The maximum atomic E-state index is 12.7. The summed E-state index contributed by atoms with van der Waals surface area (Å²) >= 11 is 1.59. The molecular weight excluding hydrogens is 382 g/mol. The summed E-state index contributed by atoms with van der Waals surface area (Å²) in [6.07, 6.45) is 0. The van der Waals surface area contributed by atoms with Crippen LogP contribution in [0.5, 0.6) is 0 Å². The van der Waals surface area contributed by atoms with Crippen molar-refractivity contribution in [2.24, 2.45) is 0 Å². The molecule has 3 aromatic carbocycles. The summed E-state index contributed by atoms with van der Waals surface area (Å²) < 4.78 is 5.46. The minimum Gasteiger partial charge on any atom is -0.459 e. The van der Waals surface area contributed by atoms with Gasteiger partial charge in [0, 0.05) is 17.1 Å². The van der Waals surface area contributed by atoms with Gasteiger partial charge in [-0.05, 0) is 23.3 Å². The molecule has 0 unspecified atom stereocenters. The van der Waals surface area contributed by atoms with Crippen LogP contribution in [0, 0.1) is 0 Å². The number of hydrogen-bond acceptors (Lipinski definition) is 4. The minimum atomic E-state index is -0.722. The van der Waals surface area contributed by atoms with E-state index in [1.807, 2.05) is 66.7 Å². The lowest BCUT2D eigenvalue weighted by molar-refractivity contribution is -0.146. The van der Waals surface area contributed by atoms with Crippen LogP contribution < -0.4 is 5.32 Å².